The van der Waals surface area contributed by atoms with Gasteiger partial charge in [-0.25, -0.2) is 4.98 Å². The van der Waals surface area contributed by atoms with Gasteiger partial charge in [0.25, 0.3) is 0 Å². The van der Waals surface area contributed by atoms with Gasteiger partial charge in [-0.3, -0.25) is 0 Å². The molecule has 0 saturated heterocycles. The van der Waals surface area contributed by atoms with E-state index in [9.17, 15) is 0 Å². The number of ether oxygens (including phenoxy) is 1. The van der Waals surface area contributed by atoms with E-state index in [4.69, 9.17) is 9.15 Å². The summed E-state index contributed by atoms with van der Waals surface area (Å²) in [5.41, 5.74) is 1.90. The molecule has 1 heterocycles. The zero-order valence-electron chi connectivity index (χ0n) is 12.5. The van der Waals surface area contributed by atoms with Crippen molar-refractivity contribution >= 4 is 0 Å². The van der Waals surface area contributed by atoms with Gasteiger partial charge >= 0.3 is 0 Å². The van der Waals surface area contributed by atoms with Crippen LogP contribution in [0, 0.1) is 0 Å². The quantitative estimate of drug-likeness (QED) is 0.874. The molecule has 20 heavy (non-hydrogen) atoms. The summed E-state index contributed by atoms with van der Waals surface area (Å²) in [5, 5.41) is 3.35. The zero-order chi connectivity index (χ0) is 14.5. The SMILES string of the molecule is CC(C)NCc1ncoc1-c1cccc(OC(C)C)c1. The first-order valence-corrected chi connectivity index (χ1v) is 6.99. The summed E-state index contributed by atoms with van der Waals surface area (Å²) >= 11 is 0. The number of hydrogen-bond donors (Lipinski definition) is 1. The van der Waals surface area contributed by atoms with Crippen LogP contribution in [0.1, 0.15) is 33.4 Å². The molecule has 0 aliphatic rings. The lowest BCUT2D eigenvalue weighted by Gasteiger charge is -2.11. The molecular weight excluding hydrogens is 252 g/mol. The average Bonchev–Trinajstić information content (AvgIpc) is 2.84. The summed E-state index contributed by atoms with van der Waals surface area (Å²) in [6.07, 6.45) is 1.64. The van der Waals surface area contributed by atoms with E-state index in [-0.39, 0.29) is 6.10 Å². The molecule has 0 radical (unpaired) electrons. The molecule has 4 nitrogen and oxygen atoms in total. The first kappa shape index (κ1) is 14.6. The molecule has 0 unspecified atom stereocenters. The maximum absolute atomic E-state index is 5.71. The van der Waals surface area contributed by atoms with Gasteiger partial charge in [0, 0.05) is 18.2 Å². The van der Waals surface area contributed by atoms with E-state index in [0.29, 0.717) is 12.6 Å². The van der Waals surface area contributed by atoms with Gasteiger partial charge in [-0.05, 0) is 26.0 Å². The third-order valence-electron chi connectivity index (χ3n) is 2.79. The summed E-state index contributed by atoms with van der Waals surface area (Å²) in [5.74, 6) is 1.64. The van der Waals surface area contributed by atoms with Crippen LogP contribution in [0.3, 0.4) is 0 Å². The Bertz CT molecular complexity index is 547. The molecule has 1 aromatic heterocycles. The fourth-order valence-corrected chi connectivity index (χ4v) is 1.91. The molecule has 0 atom stereocenters. The Morgan fingerprint density at radius 2 is 2.05 bits per heavy atom. The van der Waals surface area contributed by atoms with E-state index >= 15 is 0 Å². The molecular formula is C16H22N2O2. The number of rotatable bonds is 6. The molecule has 4 heteroatoms. The first-order chi connectivity index (χ1) is 9.56. The highest BCUT2D eigenvalue weighted by atomic mass is 16.5. The van der Waals surface area contributed by atoms with Crippen LogP contribution in [0.2, 0.25) is 0 Å². The van der Waals surface area contributed by atoms with E-state index in [0.717, 1.165) is 22.8 Å². The topological polar surface area (TPSA) is 47.3 Å². The maximum atomic E-state index is 5.71. The molecule has 0 aliphatic heterocycles. The van der Waals surface area contributed by atoms with E-state index in [2.05, 4.69) is 24.1 Å². The van der Waals surface area contributed by atoms with E-state index in [1.807, 2.05) is 38.1 Å². The lowest BCUT2D eigenvalue weighted by molar-refractivity contribution is 0.242. The Hall–Kier alpha value is -1.81. The fraction of sp³-hybridized carbons (Fsp3) is 0.438. The van der Waals surface area contributed by atoms with Gasteiger partial charge in [0.15, 0.2) is 12.2 Å². The van der Waals surface area contributed by atoms with Gasteiger partial charge in [-0.15, -0.1) is 0 Å². The zero-order valence-corrected chi connectivity index (χ0v) is 12.5. The smallest absolute Gasteiger partial charge is 0.181 e. The predicted octanol–water partition coefficient (Wildman–Crippen LogP) is 3.63. The van der Waals surface area contributed by atoms with Gasteiger partial charge in [0.2, 0.25) is 0 Å². The Balaban J connectivity index is 2.21. The number of aromatic nitrogens is 1. The van der Waals surface area contributed by atoms with Crippen LogP contribution in [0.25, 0.3) is 11.3 Å². The lowest BCUT2D eigenvalue weighted by atomic mass is 10.1. The number of nitrogens with one attached hydrogen (secondary N) is 1. The number of nitrogens with zero attached hydrogens (tertiary/aromatic N) is 1. The fourth-order valence-electron chi connectivity index (χ4n) is 1.91. The van der Waals surface area contributed by atoms with Gasteiger partial charge in [-0.2, -0.15) is 0 Å². The van der Waals surface area contributed by atoms with Gasteiger partial charge in [0.05, 0.1) is 6.10 Å². The third-order valence-corrected chi connectivity index (χ3v) is 2.79. The minimum atomic E-state index is 0.155. The standard InChI is InChI=1S/C16H22N2O2/c1-11(2)17-9-15-16(19-10-18-15)13-6-5-7-14(8-13)20-12(3)4/h5-8,10-12,17H,9H2,1-4H3. The predicted molar refractivity (Wildman–Crippen MR) is 79.7 cm³/mol. The number of oxazole rings is 1. The van der Waals surface area contributed by atoms with Crippen LogP contribution in [-0.2, 0) is 6.54 Å². The van der Waals surface area contributed by atoms with Crippen LogP contribution >= 0.6 is 0 Å². The van der Waals surface area contributed by atoms with Crippen molar-refractivity contribution in [3.63, 3.8) is 0 Å². The summed E-state index contributed by atoms with van der Waals surface area (Å²) in [6, 6.07) is 8.32. The highest BCUT2D eigenvalue weighted by Crippen LogP contribution is 2.27. The largest absolute Gasteiger partial charge is 0.491 e. The second-order valence-electron chi connectivity index (χ2n) is 5.36. The summed E-state index contributed by atoms with van der Waals surface area (Å²) in [4.78, 5) is 4.29. The van der Waals surface area contributed by atoms with Gasteiger partial charge < -0.3 is 14.5 Å². The Morgan fingerprint density at radius 1 is 1.25 bits per heavy atom. The summed E-state index contributed by atoms with van der Waals surface area (Å²) in [6.45, 7) is 8.94. The molecule has 0 amide bonds. The van der Waals surface area contributed by atoms with Gasteiger partial charge in [-0.1, -0.05) is 26.0 Å². The van der Waals surface area contributed by atoms with E-state index < -0.39 is 0 Å². The molecule has 0 spiro atoms. The van der Waals surface area contributed by atoms with Crippen molar-refractivity contribution < 1.29 is 9.15 Å². The molecule has 1 aromatic carbocycles. The Labute approximate surface area is 120 Å². The third kappa shape index (κ3) is 3.84. The second-order valence-corrected chi connectivity index (χ2v) is 5.36. The first-order valence-electron chi connectivity index (χ1n) is 6.99. The lowest BCUT2D eigenvalue weighted by Crippen LogP contribution is -2.22. The highest BCUT2D eigenvalue weighted by molar-refractivity contribution is 5.61. The van der Waals surface area contributed by atoms with Gasteiger partial charge in [0.1, 0.15) is 11.4 Å². The minimum Gasteiger partial charge on any atom is -0.491 e. The normalized spacial score (nSPS) is 11.3. The van der Waals surface area contributed by atoms with Crippen molar-refractivity contribution in [2.45, 2.75) is 46.4 Å². The molecule has 0 bridgehead atoms. The van der Waals surface area contributed by atoms with Crippen LogP contribution in [0.5, 0.6) is 5.75 Å². The van der Waals surface area contributed by atoms with Crippen molar-refractivity contribution in [3.05, 3.63) is 36.4 Å². The van der Waals surface area contributed by atoms with E-state index in [1.54, 1.807) is 0 Å². The Morgan fingerprint density at radius 3 is 2.75 bits per heavy atom. The molecule has 108 valence electrons. The van der Waals surface area contributed by atoms with Crippen molar-refractivity contribution in [1.82, 2.24) is 10.3 Å². The second kappa shape index (κ2) is 6.57. The maximum Gasteiger partial charge on any atom is 0.181 e. The number of hydrogen-bond acceptors (Lipinski definition) is 4. The Kier molecular flexibility index (Phi) is 4.79. The molecule has 2 aromatic rings. The van der Waals surface area contributed by atoms with Crippen LogP contribution in [-0.4, -0.2) is 17.1 Å². The van der Waals surface area contributed by atoms with E-state index in [1.165, 1.54) is 6.39 Å². The minimum absolute atomic E-state index is 0.155. The van der Waals surface area contributed by atoms with Crippen molar-refractivity contribution in [2.24, 2.45) is 0 Å². The van der Waals surface area contributed by atoms with Crippen LogP contribution in [0.4, 0.5) is 0 Å². The van der Waals surface area contributed by atoms with Crippen molar-refractivity contribution in [2.75, 3.05) is 0 Å². The van der Waals surface area contributed by atoms with Crippen molar-refractivity contribution in [1.29, 1.82) is 0 Å². The van der Waals surface area contributed by atoms with Crippen LogP contribution in [0.15, 0.2) is 35.1 Å². The average molecular weight is 274 g/mol. The molecule has 0 fully saturated rings. The highest BCUT2D eigenvalue weighted by Gasteiger charge is 2.12. The molecule has 0 aliphatic carbocycles. The number of benzene rings is 1. The molecule has 0 saturated carbocycles. The van der Waals surface area contributed by atoms with Crippen LogP contribution < -0.4 is 10.1 Å². The molecule has 1 N–H and O–H groups in total. The molecule has 2 rings (SSSR count). The monoisotopic (exact) mass is 274 g/mol. The van der Waals surface area contributed by atoms with Crippen molar-refractivity contribution in [3.8, 4) is 17.1 Å². The summed E-state index contributed by atoms with van der Waals surface area (Å²) < 4.78 is 11.2. The summed E-state index contributed by atoms with van der Waals surface area (Å²) in [7, 11) is 0.